The van der Waals surface area contributed by atoms with Gasteiger partial charge in [0, 0.05) is 33.1 Å². The lowest BCUT2D eigenvalue weighted by Gasteiger charge is -2.54. The molecular weight excluding hydrogens is 536 g/mol. The SMILES string of the molecule is CCCC(=O)O[C@@H]1[C@H]2[C@@H](OC(C)=O)[C@@H](C)C[C@]2(O)C(=O)[C@@](C)(O)[C@@H]2[C@H]3[C@H](C[C@@H](OC(C)=O)[C@@]12COC(C)=O)C3(C)C. The Morgan fingerprint density at radius 3 is 2.07 bits per heavy atom. The highest BCUT2D eigenvalue weighted by atomic mass is 16.6. The van der Waals surface area contributed by atoms with E-state index in [-0.39, 0.29) is 24.7 Å². The van der Waals surface area contributed by atoms with E-state index in [4.69, 9.17) is 18.9 Å². The number of Topliss-reactive ketones (excluding diaryl/α,β-unsaturated/α-hetero) is 1. The quantitative estimate of drug-likeness (QED) is 0.335. The Kier molecular flexibility index (Phi) is 7.91. The molecule has 230 valence electrons. The fourth-order valence-electron chi connectivity index (χ4n) is 8.88. The monoisotopic (exact) mass is 580 g/mol. The number of fused-ring (bicyclic) bond motifs is 4. The van der Waals surface area contributed by atoms with Gasteiger partial charge in [0.25, 0.3) is 0 Å². The molecule has 0 aromatic heterocycles. The molecule has 0 radical (unpaired) electrons. The van der Waals surface area contributed by atoms with Crippen molar-refractivity contribution >= 4 is 29.7 Å². The Hall–Kier alpha value is -2.53. The lowest BCUT2D eigenvalue weighted by atomic mass is 9.55. The zero-order valence-electron chi connectivity index (χ0n) is 25.2. The standard InChI is InChI=1S/C30H44O11/c1-9-10-20(34)41-25-22-23(40-17(5)33)14(2)12-30(22,37)26(35)28(8,36)24-21-18(27(21,6)7)11-19(39-16(4)32)29(24,25)13-38-15(3)31/h14,18-19,21-25,36-37H,9-13H2,1-8H3/t14-,18-,19+,21+,22+,23-,24-,25+,28-,29+,30+/m0/s1. The van der Waals surface area contributed by atoms with Crippen molar-refractivity contribution in [1.29, 1.82) is 0 Å². The predicted octanol–water partition coefficient (Wildman–Crippen LogP) is 2.12. The summed E-state index contributed by atoms with van der Waals surface area (Å²) in [5.41, 5.74) is -6.57. The van der Waals surface area contributed by atoms with Gasteiger partial charge in [0.15, 0.2) is 5.78 Å². The van der Waals surface area contributed by atoms with Crippen molar-refractivity contribution in [3.8, 4) is 0 Å². The van der Waals surface area contributed by atoms with E-state index in [0.29, 0.717) is 12.8 Å². The van der Waals surface area contributed by atoms with Crippen molar-refractivity contribution in [2.45, 2.75) is 111 Å². The summed E-state index contributed by atoms with van der Waals surface area (Å²) in [4.78, 5) is 64.9. The maximum atomic E-state index is 14.4. The van der Waals surface area contributed by atoms with E-state index in [0.717, 1.165) is 0 Å². The summed E-state index contributed by atoms with van der Waals surface area (Å²) in [5, 5.41) is 24.6. The van der Waals surface area contributed by atoms with Gasteiger partial charge < -0.3 is 29.2 Å². The molecule has 4 aliphatic rings. The number of rotatable bonds is 7. The Morgan fingerprint density at radius 1 is 0.927 bits per heavy atom. The van der Waals surface area contributed by atoms with Gasteiger partial charge >= 0.3 is 23.9 Å². The number of ketones is 1. The van der Waals surface area contributed by atoms with Gasteiger partial charge in [-0.15, -0.1) is 0 Å². The maximum absolute atomic E-state index is 14.4. The topological polar surface area (TPSA) is 163 Å². The lowest BCUT2D eigenvalue weighted by molar-refractivity contribution is -0.235. The molecule has 0 unspecified atom stereocenters. The molecule has 41 heavy (non-hydrogen) atoms. The summed E-state index contributed by atoms with van der Waals surface area (Å²) in [6, 6.07) is 0. The highest BCUT2D eigenvalue weighted by Gasteiger charge is 2.82. The van der Waals surface area contributed by atoms with Gasteiger partial charge in [-0.25, -0.2) is 0 Å². The summed E-state index contributed by atoms with van der Waals surface area (Å²) in [7, 11) is 0. The number of hydrogen-bond donors (Lipinski definition) is 2. The van der Waals surface area contributed by atoms with Crippen molar-refractivity contribution in [2.24, 2.45) is 40.4 Å². The average molecular weight is 581 g/mol. The van der Waals surface area contributed by atoms with Crippen LogP contribution >= 0.6 is 0 Å². The van der Waals surface area contributed by atoms with Gasteiger partial charge in [-0.05, 0) is 49.4 Å². The summed E-state index contributed by atoms with van der Waals surface area (Å²) >= 11 is 0. The molecule has 0 amide bonds. The van der Waals surface area contributed by atoms with Gasteiger partial charge in [-0.2, -0.15) is 0 Å². The van der Waals surface area contributed by atoms with E-state index in [9.17, 15) is 34.2 Å². The molecule has 11 atom stereocenters. The first-order valence-electron chi connectivity index (χ1n) is 14.5. The summed E-state index contributed by atoms with van der Waals surface area (Å²) in [5.74, 6) is -6.87. The van der Waals surface area contributed by atoms with Crippen LogP contribution in [-0.2, 0) is 42.9 Å². The summed E-state index contributed by atoms with van der Waals surface area (Å²) < 4.78 is 23.5. The maximum Gasteiger partial charge on any atom is 0.306 e. The van der Waals surface area contributed by atoms with E-state index < -0.39 is 94.4 Å². The fourth-order valence-corrected chi connectivity index (χ4v) is 8.88. The smallest absolute Gasteiger partial charge is 0.306 e. The molecule has 4 rings (SSSR count). The Labute approximate surface area is 240 Å². The predicted molar refractivity (Wildman–Crippen MR) is 142 cm³/mol. The van der Waals surface area contributed by atoms with Crippen LogP contribution in [0.15, 0.2) is 0 Å². The minimum Gasteiger partial charge on any atom is -0.465 e. The zero-order chi connectivity index (χ0) is 30.9. The third kappa shape index (κ3) is 4.76. The molecule has 0 aliphatic heterocycles. The molecule has 4 aliphatic carbocycles. The van der Waals surface area contributed by atoms with E-state index in [1.807, 2.05) is 13.8 Å². The Bertz CT molecular complexity index is 1130. The van der Waals surface area contributed by atoms with Crippen molar-refractivity contribution in [3.05, 3.63) is 0 Å². The molecule has 0 spiro atoms. The molecular formula is C30H44O11. The fraction of sp³-hybridized carbons (Fsp3) is 0.833. The van der Waals surface area contributed by atoms with E-state index in [1.54, 1.807) is 13.8 Å². The second-order valence-corrected chi connectivity index (χ2v) is 13.5. The van der Waals surface area contributed by atoms with E-state index >= 15 is 0 Å². The van der Waals surface area contributed by atoms with Gasteiger partial charge in [0.05, 0.1) is 11.3 Å². The van der Waals surface area contributed by atoms with Crippen LogP contribution in [0.4, 0.5) is 0 Å². The van der Waals surface area contributed by atoms with Crippen LogP contribution < -0.4 is 0 Å². The van der Waals surface area contributed by atoms with Crippen LogP contribution in [0.25, 0.3) is 0 Å². The molecule has 0 bridgehead atoms. The number of aliphatic hydroxyl groups is 2. The average Bonchev–Trinajstić information content (AvgIpc) is 3.28. The number of ether oxygens (including phenoxy) is 4. The molecule has 0 aromatic rings. The van der Waals surface area contributed by atoms with E-state index in [1.165, 1.54) is 27.7 Å². The third-order valence-electron chi connectivity index (χ3n) is 10.4. The molecule has 11 nitrogen and oxygen atoms in total. The van der Waals surface area contributed by atoms with Gasteiger partial charge in [0.1, 0.15) is 36.1 Å². The number of carbonyl (C=O) groups excluding carboxylic acids is 5. The first-order valence-corrected chi connectivity index (χ1v) is 14.5. The van der Waals surface area contributed by atoms with Crippen LogP contribution in [0, 0.1) is 40.4 Å². The Balaban J connectivity index is 2.09. The summed E-state index contributed by atoms with van der Waals surface area (Å²) in [6.45, 7) is 12.0. The highest BCUT2D eigenvalue weighted by molar-refractivity contribution is 5.96. The second kappa shape index (κ2) is 10.3. The molecule has 4 fully saturated rings. The lowest BCUT2D eigenvalue weighted by Crippen LogP contribution is -2.65. The van der Waals surface area contributed by atoms with Gasteiger partial charge in [0.2, 0.25) is 0 Å². The van der Waals surface area contributed by atoms with Gasteiger partial charge in [-0.1, -0.05) is 27.7 Å². The molecule has 0 aromatic carbocycles. The van der Waals surface area contributed by atoms with Crippen molar-refractivity contribution in [3.63, 3.8) is 0 Å². The largest absolute Gasteiger partial charge is 0.465 e. The van der Waals surface area contributed by atoms with Crippen molar-refractivity contribution in [2.75, 3.05) is 6.61 Å². The van der Waals surface area contributed by atoms with Crippen LogP contribution in [0.1, 0.15) is 81.1 Å². The zero-order valence-corrected chi connectivity index (χ0v) is 25.2. The normalized spacial score (nSPS) is 43.9. The molecule has 0 heterocycles. The van der Waals surface area contributed by atoms with Crippen LogP contribution in [-0.4, -0.2) is 76.0 Å². The molecule has 11 heteroatoms. The van der Waals surface area contributed by atoms with E-state index in [2.05, 4.69) is 0 Å². The first kappa shape index (κ1) is 31.4. The van der Waals surface area contributed by atoms with Crippen molar-refractivity contribution < 1.29 is 53.1 Å². The van der Waals surface area contributed by atoms with Crippen LogP contribution in [0.5, 0.6) is 0 Å². The second-order valence-electron chi connectivity index (χ2n) is 13.5. The third-order valence-corrected chi connectivity index (χ3v) is 10.4. The highest BCUT2D eigenvalue weighted by Crippen LogP contribution is 2.75. The Morgan fingerprint density at radius 2 is 1.54 bits per heavy atom. The first-order chi connectivity index (χ1) is 18.9. The van der Waals surface area contributed by atoms with Crippen LogP contribution in [0.3, 0.4) is 0 Å². The summed E-state index contributed by atoms with van der Waals surface area (Å²) in [6.07, 6.45) is -3.02. The minimum absolute atomic E-state index is 0.00383. The number of carbonyl (C=O) groups is 5. The number of hydrogen-bond acceptors (Lipinski definition) is 11. The molecule has 4 saturated carbocycles. The number of esters is 4. The minimum atomic E-state index is -2.27. The van der Waals surface area contributed by atoms with Crippen LogP contribution in [0.2, 0.25) is 0 Å². The molecule has 0 saturated heterocycles. The van der Waals surface area contributed by atoms with Gasteiger partial charge in [-0.3, -0.25) is 24.0 Å². The molecule has 2 N–H and O–H groups in total. The van der Waals surface area contributed by atoms with Crippen molar-refractivity contribution in [1.82, 2.24) is 0 Å².